The van der Waals surface area contributed by atoms with E-state index in [1.165, 1.54) is 17.3 Å². The number of carbonyl (C=O) groups is 1. The van der Waals surface area contributed by atoms with Crippen molar-refractivity contribution in [3.05, 3.63) is 78.4 Å². The SMILES string of the molecule is CCOc1ccc(-c2nnc(SCC(=O)Nc3ccc(CC)cc3)nc2-c2ccc(OCC)cc2)cc1. The molecule has 1 heterocycles. The van der Waals surface area contributed by atoms with Crippen molar-refractivity contribution in [2.24, 2.45) is 0 Å². The largest absolute Gasteiger partial charge is 0.494 e. The minimum atomic E-state index is -0.129. The van der Waals surface area contributed by atoms with Crippen molar-refractivity contribution >= 4 is 23.4 Å². The van der Waals surface area contributed by atoms with Crippen LogP contribution in [0.2, 0.25) is 0 Å². The molecule has 0 atom stereocenters. The van der Waals surface area contributed by atoms with E-state index in [-0.39, 0.29) is 11.7 Å². The molecule has 0 saturated carbocycles. The highest BCUT2D eigenvalue weighted by atomic mass is 32.2. The van der Waals surface area contributed by atoms with E-state index in [1.54, 1.807) is 0 Å². The van der Waals surface area contributed by atoms with Gasteiger partial charge in [-0.15, -0.1) is 10.2 Å². The molecule has 0 unspecified atom stereocenters. The fourth-order valence-electron chi connectivity index (χ4n) is 3.67. The van der Waals surface area contributed by atoms with Gasteiger partial charge in [-0.25, -0.2) is 4.98 Å². The van der Waals surface area contributed by atoms with Crippen LogP contribution in [-0.4, -0.2) is 40.1 Å². The van der Waals surface area contributed by atoms with Crippen LogP contribution < -0.4 is 14.8 Å². The maximum Gasteiger partial charge on any atom is 0.234 e. The second kappa shape index (κ2) is 12.9. The lowest BCUT2D eigenvalue weighted by Gasteiger charge is -2.11. The number of ether oxygens (including phenoxy) is 2. The normalized spacial score (nSPS) is 10.7. The molecule has 4 rings (SSSR count). The number of hydrogen-bond donors (Lipinski definition) is 1. The number of amides is 1. The van der Waals surface area contributed by atoms with Crippen LogP contribution in [0.3, 0.4) is 0 Å². The first-order valence-corrected chi connectivity index (χ1v) is 13.3. The summed E-state index contributed by atoms with van der Waals surface area (Å²) < 4.78 is 11.2. The fraction of sp³-hybridized carbons (Fsp3) is 0.241. The fourth-order valence-corrected chi connectivity index (χ4v) is 4.26. The molecular weight excluding hydrogens is 484 g/mol. The second-order valence-corrected chi connectivity index (χ2v) is 9.04. The van der Waals surface area contributed by atoms with E-state index < -0.39 is 0 Å². The van der Waals surface area contributed by atoms with Crippen LogP contribution >= 0.6 is 11.8 Å². The van der Waals surface area contributed by atoms with Crippen molar-refractivity contribution in [1.29, 1.82) is 0 Å². The molecular formula is C29H30N4O3S. The van der Waals surface area contributed by atoms with Crippen LogP contribution in [0.15, 0.2) is 78.0 Å². The summed E-state index contributed by atoms with van der Waals surface area (Å²) in [6.45, 7) is 7.19. The van der Waals surface area contributed by atoms with Gasteiger partial charge in [0.05, 0.1) is 19.0 Å². The lowest BCUT2D eigenvalue weighted by molar-refractivity contribution is -0.113. The molecule has 37 heavy (non-hydrogen) atoms. The van der Waals surface area contributed by atoms with Gasteiger partial charge in [0.15, 0.2) is 0 Å². The third-order valence-electron chi connectivity index (χ3n) is 5.52. The molecule has 4 aromatic rings. The van der Waals surface area contributed by atoms with Gasteiger partial charge in [-0.2, -0.15) is 0 Å². The maximum atomic E-state index is 12.5. The molecule has 0 fully saturated rings. The Balaban J connectivity index is 1.55. The van der Waals surface area contributed by atoms with Gasteiger partial charge >= 0.3 is 0 Å². The molecule has 0 saturated heterocycles. The predicted molar refractivity (Wildman–Crippen MR) is 148 cm³/mol. The molecule has 1 amide bonds. The Kier molecular flexibility index (Phi) is 9.10. The number of aromatic nitrogens is 3. The highest BCUT2D eigenvalue weighted by Crippen LogP contribution is 2.32. The van der Waals surface area contributed by atoms with Crippen molar-refractivity contribution in [1.82, 2.24) is 15.2 Å². The van der Waals surface area contributed by atoms with Crippen LogP contribution in [0.5, 0.6) is 11.5 Å². The van der Waals surface area contributed by atoms with Crippen LogP contribution in [0.4, 0.5) is 5.69 Å². The highest BCUT2D eigenvalue weighted by Gasteiger charge is 2.15. The molecule has 0 bridgehead atoms. The lowest BCUT2D eigenvalue weighted by Crippen LogP contribution is -2.14. The standard InChI is InChI=1S/C29H30N4O3S/c1-4-20-7-13-23(14-8-20)30-26(34)19-37-29-31-27(21-9-15-24(16-10-21)35-5-2)28(32-33-29)22-11-17-25(18-12-22)36-6-3/h7-18H,4-6,19H2,1-3H3,(H,30,34). The second-order valence-electron chi connectivity index (χ2n) is 8.09. The Bertz CT molecular complexity index is 1310. The number of nitrogens with zero attached hydrogens (tertiary/aromatic N) is 3. The molecule has 1 aromatic heterocycles. The van der Waals surface area contributed by atoms with Gasteiger partial charge in [0, 0.05) is 16.8 Å². The number of rotatable bonds is 11. The Morgan fingerprint density at radius 3 is 1.86 bits per heavy atom. The topological polar surface area (TPSA) is 86.2 Å². The third-order valence-corrected chi connectivity index (χ3v) is 6.36. The average Bonchev–Trinajstić information content (AvgIpc) is 2.93. The number of hydrogen-bond acceptors (Lipinski definition) is 7. The number of aryl methyl sites for hydroxylation is 1. The lowest BCUT2D eigenvalue weighted by atomic mass is 10.0. The van der Waals surface area contributed by atoms with E-state index >= 15 is 0 Å². The van der Waals surface area contributed by atoms with E-state index in [9.17, 15) is 4.79 Å². The minimum absolute atomic E-state index is 0.129. The number of carbonyl (C=O) groups excluding carboxylic acids is 1. The molecule has 0 aliphatic heterocycles. The van der Waals surface area contributed by atoms with Crippen LogP contribution in [0, 0.1) is 0 Å². The van der Waals surface area contributed by atoms with Crippen molar-refractivity contribution in [2.75, 3.05) is 24.3 Å². The van der Waals surface area contributed by atoms with E-state index in [0.29, 0.717) is 29.8 Å². The van der Waals surface area contributed by atoms with Gasteiger partial charge in [0.1, 0.15) is 22.9 Å². The van der Waals surface area contributed by atoms with Crippen LogP contribution in [-0.2, 0) is 11.2 Å². The van der Waals surface area contributed by atoms with Crippen molar-refractivity contribution in [2.45, 2.75) is 32.3 Å². The third kappa shape index (κ3) is 7.07. The van der Waals surface area contributed by atoms with Gasteiger partial charge in [0.2, 0.25) is 11.1 Å². The van der Waals surface area contributed by atoms with E-state index in [4.69, 9.17) is 14.5 Å². The quantitative estimate of drug-likeness (QED) is 0.235. The zero-order valence-corrected chi connectivity index (χ0v) is 22.0. The molecule has 1 N–H and O–H groups in total. The summed E-state index contributed by atoms with van der Waals surface area (Å²) in [5, 5.41) is 12.2. The number of thioether (sulfide) groups is 1. The monoisotopic (exact) mass is 514 g/mol. The first kappa shape index (κ1) is 26.2. The van der Waals surface area contributed by atoms with Crippen molar-refractivity contribution in [3.8, 4) is 34.0 Å². The summed E-state index contributed by atoms with van der Waals surface area (Å²) in [7, 11) is 0. The summed E-state index contributed by atoms with van der Waals surface area (Å²) in [6.07, 6.45) is 0.956. The number of nitrogens with one attached hydrogen (secondary N) is 1. The van der Waals surface area contributed by atoms with Gasteiger partial charge in [0.25, 0.3) is 0 Å². The molecule has 7 nitrogen and oxygen atoms in total. The highest BCUT2D eigenvalue weighted by molar-refractivity contribution is 7.99. The van der Waals surface area contributed by atoms with Crippen LogP contribution in [0.1, 0.15) is 26.3 Å². The summed E-state index contributed by atoms with van der Waals surface area (Å²) in [6, 6.07) is 23.3. The number of anilines is 1. The molecule has 0 aliphatic rings. The Labute approximate surface area is 221 Å². The molecule has 8 heteroatoms. The van der Waals surface area contributed by atoms with Gasteiger partial charge in [-0.3, -0.25) is 4.79 Å². The number of benzene rings is 3. The molecule has 0 radical (unpaired) electrons. The van der Waals surface area contributed by atoms with Gasteiger partial charge in [-0.1, -0.05) is 30.8 Å². The Morgan fingerprint density at radius 2 is 1.32 bits per heavy atom. The molecule has 190 valence electrons. The smallest absolute Gasteiger partial charge is 0.234 e. The van der Waals surface area contributed by atoms with E-state index in [0.717, 1.165) is 34.7 Å². The predicted octanol–water partition coefficient (Wildman–Crippen LogP) is 6.30. The first-order valence-electron chi connectivity index (χ1n) is 12.3. The van der Waals surface area contributed by atoms with Crippen molar-refractivity contribution in [3.63, 3.8) is 0 Å². The zero-order chi connectivity index (χ0) is 26.0. The Hall–Kier alpha value is -3.91. The summed E-state index contributed by atoms with van der Waals surface area (Å²) >= 11 is 1.25. The van der Waals surface area contributed by atoms with Crippen LogP contribution in [0.25, 0.3) is 22.5 Å². The van der Waals surface area contributed by atoms with Crippen molar-refractivity contribution < 1.29 is 14.3 Å². The first-order chi connectivity index (χ1) is 18.1. The maximum absolute atomic E-state index is 12.5. The van der Waals surface area contributed by atoms with E-state index in [2.05, 4.69) is 22.4 Å². The Morgan fingerprint density at radius 1 is 0.757 bits per heavy atom. The average molecular weight is 515 g/mol. The summed E-state index contributed by atoms with van der Waals surface area (Å²) in [5.74, 6) is 1.62. The zero-order valence-electron chi connectivity index (χ0n) is 21.2. The van der Waals surface area contributed by atoms with Gasteiger partial charge in [-0.05, 0) is 86.5 Å². The molecule has 0 spiro atoms. The van der Waals surface area contributed by atoms with E-state index in [1.807, 2.05) is 86.6 Å². The molecule has 0 aliphatic carbocycles. The van der Waals surface area contributed by atoms with Gasteiger partial charge < -0.3 is 14.8 Å². The summed E-state index contributed by atoms with van der Waals surface area (Å²) in [5.41, 5.74) is 5.07. The minimum Gasteiger partial charge on any atom is -0.494 e. The summed E-state index contributed by atoms with van der Waals surface area (Å²) in [4.78, 5) is 17.3. The molecule has 3 aromatic carbocycles.